The van der Waals surface area contributed by atoms with Crippen LogP contribution in [0.3, 0.4) is 0 Å². The van der Waals surface area contributed by atoms with Crippen LogP contribution < -0.4 is 0 Å². The summed E-state index contributed by atoms with van der Waals surface area (Å²) in [5, 5.41) is 35.6. The number of hydrogen-bond acceptors (Lipinski definition) is 8. The summed E-state index contributed by atoms with van der Waals surface area (Å²) in [6.07, 6.45) is 11.5. The Bertz CT molecular complexity index is 1260. The van der Waals surface area contributed by atoms with Gasteiger partial charge in [-0.3, -0.25) is 9.59 Å². The first-order chi connectivity index (χ1) is 20.5. The Morgan fingerprint density at radius 1 is 1.07 bits per heavy atom. The fraction of sp³-hybridized carbons (Fsp3) is 0.750. The number of carbonyl (C=O) groups is 3. The van der Waals surface area contributed by atoms with Crippen LogP contribution in [0.5, 0.6) is 0 Å². The normalized spacial score (nSPS) is 38.9. The standard InChI is InChI=1S/C36H54O8/c1-9-11-12-13-14-15-16-17-27(38)44-36-28(32(36,6)7)26-18-25(21-37)20-34(41)29(39)23(4)19-33(34,8)35(26,42)24(5)30(36)43-31(40)22(3)10-2/h10,18-19,24,26,28,30,37,41-42H,9,11-17,20-21H2,1-8H3/t24-,26+,28-,30-,33-,34+,35-,36-/m1/s1. The largest absolute Gasteiger partial charge is 0.454 e. The van der Waals surface area contributed by atoms with Crippen molar-refractivity contribution in [3.05, 3.63) is 34.9 Å². The third kappa shape index (κ3) is 4.85. The van der Waals surface area contributed by atoms with Gasteiger partial charge in [0.15, 0.2) is 11.4 Å². The number of allylic oxidation sites excluding steroid dienone is 1. The van der Waals surface area contributed by atoms with Gasteiger partial charge >= 0.3 is 11.9 Å². The second-order valence-corrected chi connectivity index (χ2v) is 14.7. The van der Waals surface area contributed by atoms with Gasteiger partial charge in [0.1, 0.15) is 11.7 Å². The Morgan fingerprint density at radius 3 is 2.27 bits per heavy atom. The third-order valence-corrected chi connectivity index (χ3v) is 11.9. The van der Waals surface area contributed by atoms with Crippen molar-refractivity contribution in [1.29, 1.82) is 0 Å². The highest BCUT2D eigenvalue weighted by molar-refractivity contribution is 6.05. The summed E-state index contributed by atoms with van der Waals surface area (Å²) < 4.78 is 12.7. The van der Waals surface area contributed by atoms with E-state index >= 15 is 0 Å². The highest BCUT2D eigenvalue weighted by Crippen LogP contribution is 2.78. The van der Waals surface area contributed by atoms with Crippen molar-refractivity contribution in [1.82, 2.24) is 0 Å². The molecule has 0 radical (unpaired) electrons. The van der Waals surface area contributed by atoms with E-state index in [1.54, 1.807) is 52.8 Å². The van der Waals surface area contributed by atoms with E-state index in [4.69, 9.17) is 9.47 Å². The van der Waals surface area contributed by atoms with Gasteiger partial charge in [0, 0.05) is 41.6 Å². The van der Waals surface area contributed by atoms with Crippen LogP contribution in [0, 0.1) is 28.6 Å². The molecule has 4 rings (SSSR count). The molecular weight excluding hydrogens is 560 g/mol. The summed E-state index contributed by atoms with van der Waals surface area (Å²) in [4.78, 5) is 40.4. The monoisotopic (exact) mass is 614 g/mol. The molecule has 3 N–H and O–H groups in total. The van der Waals surface area contributed by atoms with E-state index in [1.165, 1.54) is 19.3 Å². The van der Waals surface area contributed by atoms with Gasteiger partial charge in [-0.1, -0.05) is 91.4 Å². The molecule has 4 aliphatic carbocycles. The smallest absolute Gasteiger partial charge is 0.333 e. The van der Waals surface area contributed by atoms with Gasteiger partial charge in [0.25, 0.3) is 0 Å². The van der Waals surface area contributed by atoms with E-state index in [9.17, 15) is 29.7 Å². The van der Waals surface area contributed by atoms with E-state index in [1.807, 2.05) is 13.8 Å². The molecule has 4 aliphatic rings. The number of ketones is 1. The lowest BCUT2D eigenvalue weighted by Gasteiger charge is -2.58. The minimum absolute atomic E-state index is 0.140. The number of rotatable bonds is 12. The van der Waals surface area contributed by atoms with Crippen LogP contribution in [0.25, 0.3) is 0 Å². The molecule has 246 valence electrons. The van der Waals surface area contributed by atoms with Gasteiger partial charge in [-0.05, 0) is 38.3 Å². The van der Waals surface area contributed by atoms with Gasteiger partial charge in [-0.25, -0.2) is 4.79 Å². The van der Waals surface area contributed by atoms with E-state index in [0.29, 0.717) is 23.1 Å². The first-order valence-corrected chi connectivity index (χ1v) is 16.6. The number of hydrogen-bond donors (Lipinski definition) is 3. The van der Waals surface area contributed by atoms with Crippen LogP contribution >= 0.6 is 0 Å². The molecule has 8 atom stereocenters. The van der Waals surface area contributed by atoms with Gasteiger partial charge < -0.3 is 24.8 Å². The molecule has 0 saturated heterocycles. The number of Topliss-reactive ketones (excluding diaryl/α,β-unsaturated/α-hetero) is 1. The summed E-state index contributed by atoms with van der Waals surface area (Å²) in [7, 11) is 0. The number of carbonyl (C=O) groups excluding carboxylic acids is 3. The van der Waals surface area contributed by atoms with Crippen LogP contribution in [-0.2, 0) is 23.9 Å². The van der Waals surface area contributed by atoms with Crippen molar-refractivity contribution in [3.63, 3.8) is 0 Å². The second-order valence-electron chi connectivity index (χ2n) is 14.7. The average Bonchev–Trinajstić information content (AvgIpc) is 3.42. The summed E-state index contributed by atoms with van der Waals surface area (Å²) in [5.74, 6) is -3.54. The molecule has 0 amide bonds. The van der Waals surface area contributed by atoms with E-state index in [-0.39, 0.29) is 18.8 Å². The van der Waals surface area contributed by atoms with Crippen molar-refractivity contribution in [2.24, 2.45) is 28.6 Å². The number of aliphatic hydroxyl groups is 3. The van der Waals surface area contributed by atoms with Crippen LogP contribution in [0.1, 0.15) is 113 Å². The highest BCUT2D eigenvalue weighted by Gasteiger charge is 2.89. The van der Waals surface area contributed by atoms with Gasteiger partial charge in [0.05, 0.1) is 17.6 Å². The maximum Gasteiger partial charge on any atom is 0.333 e. The lowest BCUT2D eigenvalue weighted by atomic mass is 9.52. The topological polar surface area (TPSA) is 130 Å². The van der Waals surface area contributed by atoms with Crippen LogP contribution in [0.4, 0.5) is 0 Å². The number of aliphatic hydroxyl groups excluding tert-OH is 1. The van der Waals surface area contributed by atoms with Crippen molar-refractivity contribution in [2.45, 2.75) is 136 Å². The van der Waals surface area contributed by atoms with Crippen LogP contribution in [-0.4, -0.2) is 62.6 Å². The number of esters is 2. The third-order valence-electron chi connectivity index (χ3n) is 11.9. The van der Waals surface area contributed by atoms with Crippen LogP contribution in [0.2, 0.25) is 0 Å². The van der Waals surface area contributed by atoms with Gasteiger partial charge in [0.2, 0.25) is 0 Å². The molecule has 2 fully saturated rings. The van der Waals surface area contributed by atoms with Crippen molar-refractivity contribution in [3.8, 4) is 0 Å². The average molecular weight is 615 g/mol. The fourth-order valence-electron chi connectivity index (χ4n) is 9.13. The first-order valence-electron chi connectivity index (χ1n) is 16.6. The molecule has 0 bridgehead atoms. The Balaban J connectivity index is 1.77. The number of ether oxygens (including phenoxy) is 2. The molecule has 0 aromatic rings. The van der Waals surface area contributed by atoms with Gasteiger partial charge in [-0.15, -0.1) is 0 Å². The maximum absolute atomic E-state index is 13.5. The molecule has 0 aliphatic heterocycles. The predicted molar refractivity (Wildman–Crippen MR) is 167 cm³/mol. The van der Waals surface area contributed by atoms with Crippen molar-refractivity contribution >= 4 is 17.7 Å². The highest BCUT2D eigenvalue weighted by atomic mass is 16.6. The summed E-state index contributed by atoms with van der Waals surface area (Å²) >= 11 is 0. The quantitative estimate of drug-likeness (QED) is 0.113. The zero-order valence-electron chi connectivity index (χ0n) is 28.0. The summed E-state index contributed by atoms with van der Waals surface area (Å²) in [6.45, 7) is 14.1. The molecule has 8 heteroatoms. The Morgan fingerprint density at radius 2 is 1.68 bits per heavy atom. The van der Waals surface area contributed by atoms with E-state index in [0.717, 1.165) is 19.3 Å². The molecule has 0 aromatic heterocycles. The molecular formula is C36H54O8. The van der Waals surface area contributed by atoms with Crippen molar-refractivity contribution in [2.75, 3.05) is 6.61 Å². The SMILES string of the molecule is CC=C(C)C(=O)O[C@@H]1[C@@H](C)[C@@]2(O)[C@@H](C=C(CO)C[C@]3(O)C(=O)C(C)=C[C@@]23C)[C@@H]2C(C)(C)[C@]12OC(=O)CCCCCCCCC. The zero-order valence-corrected chi connectivity index (χ0v) is 28.0. The van der Waals surface area contributed by atoms with E-state index < -0.39 is 69.9 Å². The first kappa shape index (κ1) is 34.6. The Labute approximate surface area is 263 Å². The molecule has 0 unspecified atom stereocenters. The number of unbranched alkanes of at least 4 members (excludes halogenated alkanes) is 6. The molecule has 0 aromatic carbocycles. The number of fused-ring (bicyclic) bond motifs is 5. The van der Waals surface area contributed by atoms with E-state index in [2.05, 4.69) is 6.92 Å². The van der Waals surface area contributed by atoms with Gasteiger partial charge in [-0.2, -0.15) is 0 Å². The predicted octanol–water partition coefficient (Wildman–Crippen LogP) is 5.53. The zero-order chi connectivity index (χ0) is 32.9. The van der Waals surface area contributed by atoms with Crippen LogP contribution in [0.15, 0.2) is 34.9 Å². The Kier molecular flexibility index (Phi) is 9.54. The molecule has 0 spiro atoms. The minimum Gasteiger partial charge on any atom is -0.454 e. The second kappa shape index (κ2) is 12.1. The minimum atomic E-state index is -2.01. The Hall–Kier alpha value is -2.29. The summed E-state index contributed by atoms with van der Waals surface area (Å²) in [6, 6.07) is 0. The molecule has 2 saturated carbocycles. The lowest BCUT2D eigenvalue weighted by molar-refractivity contribution is -0.249. The maximum atomic E-state index is 13.5. The molecule has 44 heavy (non-hydrogen) atoms. The summed E-state index contributed by atoms with van der Waals surface area (Å²) in [5.41, 5.74) is -6.12. The van der Waals surface area contributed by atoms with Crippen molar-refractivity contribution < 1.29 is 39.2 Å². The fourth-order valence-corrected chi connectivity index (χ4v) is 9.13. The lowest BCUT2D eigenvalue weighted by Crippen LogP contribution is -2.70. The molecule has 8 nitrogen and oxygen atoms in total. The molecule has 0 heterocycles.